The summed E-state index contributed by atoms with van der Waals surface area (Å²) in [6.45, 7) is -0.226. The van der Waals surface area contributed by atoms with Crippen LogP contribution in [0.2, 0.25) is 0 Å². The van der Waals surface area contributed by atoms with Gasteiger partial charge < -0.3 is 20.1 Å². The second-order valence-electron chi connectivity index (χ2n) is 6.54. The van der Waals surface area contributed by atoms with Gasteiger partial charge in [-0.1, -0.05) is 30.3 Å². The van der Waals surface area contributed by atoms with Crippen molar-refractivity contribution in [3.05, 3.63) is 35.9 Å². The third kappa shape index (κ3) is 3.23. The molecule has 3 saturated heterocycles. The minimum absolute atomic E-state index is 0. The van der Waals surface area contributed by atoms with E-state index in [1.54, 1.807) is 0 Å². The van der Waals surface area contributed by atoms with E-state index in [1.807, 2.05) is 30.3 Å². The molecule has 0 amide bonds. The van der Waals surface area contributed by atoms with Gasteiger partial charge in [-0.05, 0) is 12.6 Å². The molecule has 6 atom stereocenters. The molecule has 3 N–H and O–H groups in total. The molecule has 1 aromatic rings. The smallest absolute Gasteiger partial charge is 0.316 e. The van der Waals surface area contributed by atoms with E-state index in [1.165, 1.54) is 0 Å². The number of aliphatic hydroxyl groups is 1. The fourth-order valence-corrected chi connectivity index (χ4v) is 4.04. The van der Waals surface area contributed by atoms with Crippen LogP contribution in [0.5, 0.6) is 0 Å². The third-order valence-corrected chi connectivity index (χ3v) is 5.33. The number of carbonyl (C=O) groups is 1. The Balaban J connectivity index is 0.00000104. The molecule has 24 heavy (non-hydrogen) atoms. The number of ether oxygens (including phenoxy) is 2. The largest absolute Gasteiger partial charge is 0.462 e. The Hall–Kier alpha value is -0.990. The molecule has 7 heteroatoms. The quantitative estimate of drug-likeness (QED) is 0.590. The van der Waals surface area contributed by atoms with Crippen molar-refractivity contribution < 1.29 is 24.9 Å². The van der Waals surface area contributed by atoms with Gasteiger partial charge in [0.25, 0.3) is 0 Å². The van der Waals surface area contributed by atoms with Crippen molar-refractivity contribution in [2.24, 2.45) is 0 Å². The van der Waals surface area contributed by atoms with Gasteiger partial charge in [0.05, 0.1) is 6.61 Å². The molecule has 4 rings (SSSR count). The van der Waals surface area contributed by atoms with Gasteiger partial charge in [0.2, 0.25) is 0 Å². The number of fused-ring (bicyclic) bond motifs is 5. The number of aliphatic hydroxyl groups excluding tert-OH is 1. The Morgan fingerprint density at radius 1 is 1.29 bits per heavy atom. The zero-order valence-corrected chi connectivity index (χ0v) is 15.2. The SMILES string of the molecule is Br.CN1[C@@H]2C[C@@H](OC(=O)[C@H](CO)c3ccccc3)C[C@H]1[C@@H]1O[C@@H]12.O. The number of likely N-dealkylation sites (N-methyl/N-ethyl adjacent to an activating group) is 1. The molecule has 0 saturated carbocycles. The summed E-state index contributed by atoms with van der Waals surface area (Å²) in [5.74, 6) is -0.915. The summed E-state index contributed by atoms with van der Waals surface area (Å²) in [6, 6.07) is 10.1. The summed E-state index contributed by atoms with van der Waals surface area (Å²) in [7, 11) is 2.13. The summed E-state index contributed by atoms with van der Waals surface area (Å²) >= 11 is 0. The predicted molar refractivity (Wildman–Crippen MR) is 93.3 cm³/mol. The van der Waals surface area contributed by atoms with Gasteiger partial charge in [-0.15, -0.1) is 17.0 Å². The first kappa shape index (κ1) is 19.3. The number of epoxide rings is 1. The molecule has 0 aliphatic carbocycles. The van der Waals surface area contributed by atoms with Gasteiger partial charge in [-0.3, -0.25) is 9.69 Å². The second kappa shape index (κ2) is 7.49. The van der Waals surface area contributed by atoms with Gasteiger partial charge in [0.15, 0.2) is 0 Å². The molecule has 1 aromatic carbocycles. The lowest BCUT2D eigenvalue weighted by Gasteiger charge is -2.38. The summed E-state index contributed by atoms with van der Waals surface area (Å²) in [6.07, 6.45) is 2.26. The molecule has 3 fully saturated rings. The topological polar surface area (TPSA) is 93.8 Å². The molecular formula is C17H24BrNO5. The van der Waals surface area contributed by atoms with Crippen molar-refractivity contribution in [1.29, 1.82) is 0 Å². The molecule has 134 valence electrons. The Labute approximate surface area is 151 Å². The van der Waals surface area contributed by atoms with Crippen LogP contribution in [-0.2, 0) is 14.3 Å². The number of rotatable bonds is 4. The average molecular weight is 402 g/mol. The minimum atomic E-state index is -0.593. The molecule has 6 nitrogen and oxygen atoms in total. The predicted octanol–water partition coefficient (Wildman–Crippen LogP) is 0.671. The standard InChI is InChI=1S/C17H21NO4.BrH.H2O/c1-18-13-7-11(8-14(18)16-15(13)22-16)21-17(20)12(9-19)10-5-3-2-4-6-10;;/h2-6,11-16,19H,7-9H2,1H3;1H;1H2/t11-,12-,13-,14+,15-,16+;;/m1../s1. The van der Waals surface area contributed by atoms with Crippen molar-refractivity contribution in [2.75, 3.05) is 13.7 Å². The number of esters is 1. The van der Waals surface area contributed by atoms with Gasteiger partial charge in [-0.25, -0.2) is 0 Å². The van der Waals surface area contributed by atoms with Gasteiger partial charge in [0, 0.05) is 24.9 Å². The summed E-state index contributed by atoms with van der Waals surface area (Å²) in [5, 5.41) is 9.56. The van der Waals surface area contributed by atoms with Crippen LogP contribution < -0.4 is 0 Å². The first-order chi connectivity index (χ1) is 10.7. The summed E-state index contributed by atoms with van der Waals surface area (Å²) < 4.78 is 11.4. The van der Waals surface area contributed by atoms with E-state index in [9.17, 15) is 9.90 Å². The zero-order valence-electron chi connectivity index (χ0n) is 13.5. The van der Waals surface area contributed by atoms with Crippen molar-refractivity contribution in [3.8, 4) is 0 Å². The number of benzene rings is 1. The number of piperidine rings is 1. The van der Waals surface area contributed by atoms with Gasteiger partial charge in [0.1, 0.15) is 24.2 Å². The van der Waals surface area contributed by atoms with E-state index in [0.717, 1.165) is 18.4 Å². The van der Waals surface area contributed by atoms with E-state index in [2.05, 4.69) is 11.9 Å². The van der Waals surface area contributed by atoms with Crippen LogP contribution in [0, 0.1) is 0 Å². The molecule has 0 radical (unpaired) electrons. The first-order valence-electron chi connectivity index (χ1n) is 7.92. The van der Waals surface area contributed by atoms with E-state index in [4.69, 9.17) is 9.47 Å². The normalized spacial score (nSPS) is 34.3. The Morgan fingerprint density at radius 2 is 1.88 bits per heavy atom. The maximum Gasteiger partial charge on any atom is 0.316 e. The highest BCUT2D eigenvalue weighted by atomic mass is 79.9. The van der Waals surface area contributed by atoms with Crippen molar-refractivity contribution >= 4 is 23.0 Å². The number of carbonyl (C=O) groups excluding carboxylic acids is 1. The number of hydrogen-bond acceptors (Lipinski definition) is 5. The van der Waals surface area contributed by atoms with Crippen LogP contribution in [0.3, 0.4) is 0 Å². The van der Waals surface area contributed by atoms with E-state index in [0.29, 0.717) is 24.3 Å². The highest BCUT2D eigenvalue weighted by Crippen LogP contribution is 2.48. The average Bonchev–Trinajstić information content (AvgIpc) is 3.27. The highest BCUT2D eigenvalue weighted by Gasteiger charge is 2.62. The van der Waals surface area contributed by atoms with Gasteiger partial charge in [-0.2, -0.15) is 0 Å². The van der Waals surface area contributed by atoms with Crippen molar-refractivity contribution in [2.45, 2.75) is 49.2 Å². The summed E-state index contributed by atoms with van der Waals surface area (Å²) in [5.41, 5.74) is 0.803. The Kier molecular flexibility index (Phi) is 6.04. The molecule has 0 unspecified atom stereocenters. The lowest BCUT2D eigenvalue weighted by molar-refractivity contribution is -0.156. The Morgan fingerprint density at radius 3 is 2.42 bits per heavy atom. The minimum Gasteiger partial charge on any atom is -0.462 e. The maximum absolute atomic E-state index is 12.4. The number of hydrogen-bond donors (Lipinski definition) is 1. The fraction of sp³-hybridized carbons (Fsp3) is 0.588. The molecule has 0 aromatic heterocycles. The number of nitrogens with zero attached hydrogens (tertiary/aromatic N) is 1. The molecule has 3 heterocycles. The molecular weight excluding hydrogens is 378 g/mol. The van der Waals surface area contributed by atoms with Crippen LogP contribution >= 0.6 is 17.0 Å². The Bertz CT molecular complexity index is 553. The monoisotopic (exact) mass is 401 g/mol. The molecule has 0 spiro atoms. The molecule has 3 aliphatic heterocycles. The molecule has 2 bridgehead atoms. The highest BCUT2D eigenvalue weighted by molar-refractivity contribution is 8.93. The van der Waals surface area contributed by atoms with E-state index < -0.39 is 5.92 Å². The van der Waals surface area contributed by atoms with Crippen LogP contribution in [-0.4, -0.2) is 65.5 Å². The van der Waals surface area contributed by atoms with Gasteiger partial charge >= 0.3 is 5.97 Å². The zero-order chi connectivity index (χ0) is 15.3. The van der Waals surface area contributed by atoms with Crippen molar-refractivity contribution in [3.63, 3.8) is 0 Å². The van der Waals surface area contributed by atoms with Crippen LogP contribution in [0.15, 0.2) is 30.3 Å². The van der Waals surface area contributed by atoms with Crippen LogP contribution in [0.1, 0.15) is 24.3 Å². The van der Waals surface area contributed by atoms with Crippen LogP contribution in [0.4, 0.5) is 0 Å². The fourth-order valence-electron chi connectivity index (χ4n) is 4.04. The number of morpholine rings is 1. The number of halogens is 1. The van der Waals surface area contributed by atoms with E-state index in [-0.39, 0.29) is 41.1 Å². The maximum atomic E-state index is 12.4. The summed E-state index contributed by atoms with van der Waals surface area (Å²) in [4.78, 5) is 14.8. The van der Waals surface area contributed by atoms with Crippen molar-refractivity contribution in [1.82, 2.24) is 4.90 Å². The lowest BCUT2D eigenvalue weighted by Crippen LogP contribution is -2.48. The van der Waals surface area contributed by atoms with Crippen LogP contribution in [0.25, 0.3) is 0 Å². The third-order valence-electron chi connectivity index (χ3n) is 5.33. The molecule has 3 aliphatic rings. The lowest BCUT2D eigenvalue weighted by atomic mass is 9.97. The van der Waals surface area contributed by atoms with E-state index >= 15 is 0 Å². The first-order valence-corrected chi connectivity index (χ1v) is 7.92. The second-order valence-corrected chi connectivity index (χ2v) is 6.54.